The molecule has 2 aromatic carbocycles. The zero-order valence-corrected chi connectivity index (χ0v) is 27.3. The number of nitrogens with zero attached hydrogens (tertiary/aromatic N) is 7. The van der Waals surface area contributed by atoms with Gasteiger partial charge in [-0.2, -0.15) is 10.2 Å². The highest BCUT2D eigenvalue weighted by Gasteiger charge is 2.44. The third-order valence-electron chi connectivity index (χ3n) is 10.1. The molecule has 2 aliphatic rings. The number of amides is 2. The van der Waals surface area contributed by atoms with Crippen molar-refractivity contribution >= 4 is 34.4 Å². The molecule has 48 heavy (non-hydrogen) atoms. The summed E-state index contributed by atoms with van der Waals surface area (Å²) < 4.78 is 9.36. The minimum atomic E-state index is -0.883. The minimum Gasteiger partial charge on any atom is -0.451 e. The first-order valence-corrected chi connectivity index (χ1v) is 16.8. The van der Waals surface area contributed by atoms with Crippen molar-refractivity contribution in [2.45, 2.75) is 64.0 Å². The maximum absolute atomic E-state index is 14.2. The molecule has 13 heteroatoms. The molecule has 4 heterocycles. The van der Waals surface area contributed by atoms with Gasteiger partial charge in [0, 0.05) is 37.1 Å². The molecule has 0 unspecified atom stereocenters. The number of rotatable bonds is 9. The molecule has 2 amide bonds. The first-order chi connectivity index (χ1) is 23.4. The molecule has 12 nitrogen and oxygen atoms in total. The maximum atomic E-state index is 14.2. The summed E-state index contributed by atoms with van der Waals surface area (Å²) in [6.45, 7) is 1.94. The molecule has 7 rings (SSSR count). The smallest absolute Gasteiger partial charge is 0.287 e. The molecule has 1 saturated carbocycles. The summed E-state index contributed by atoms with van der Waals surface area (Å²) in [5, 5.41) is 12.3. The number of carbonyl (C=O) groups excluding carboxylic acids is 2. The van der Waals surface area contributed by atoms with Crippen molar-refractivity contribution in [1.29, 1.82) is 0 Å². The molecule has 0 spiro atoms. The van der Waals surface area contributed by atoms with E-state index < -0.39 is 11.9 Å². The number of hydrogen-bond donors (Lipinski definition) is 1. The quantitative estimate of drug-likeness (QED) is 0.235. The molecule has 1 N–H and O–H groups in total. The summed E-state index contributed by atoms with van der Waals surface area (Å²) >= 11 is 6.13. The maximum Gasteiger partial charge on any atom is 0.287 e. The standard InChI is InChI=1S/C35H37ClN8O4/c36-26-8-6-24(7-9-26)16-29(41-33(46)32-18-30(45)28-17-27(10-11-31(28)48-32)44-23-38-21-40-44)34(47)42-14-12-35(13-15-42,19-43-22-37-20-39-43)25-4-2-1-3-5-25/h6-11,17-18,20-23,25,29H,1-5,12-16,19H2,(H,41,46)/t29-/m1/s1. The number of halogens is 1. The number of piperidine rings is 1. The van der Waals surface area contributed by atoms with E-state index in [0.29, 0.717) is 35.1 Å². The minimum absolute atomic E-state index is 0.0299. The fraction of sp³-hybridized carbons (Fsp3) is 0.400. The fourth-order valence-electron chi connectivity index (χ4n) is 7.47. The lowest BCUT2D eigenvalue weighted by Gasteiger charge is -2.48. The lowest BCUT2D eigenvalue weighted by atomic mass is 9.63. The van der Waals surface area contributed by atoms with E-state index in [1.165, 1.54) is 49.4 Å². The number of benzene rings is 2. The number of likely N-dealkylation sites (tertiary alicyclic amines) is 1. The highest BCUT2D eigenvalue weighted by Crippen LogP contribution is 2.47. The predicted octanol–water partition coefficient (Wildman–Crippen LogP) is 4.85. The van der Waals surface area contributed by atoms with Gasteiger partial charge >= 0.3 is 0 Å². The van der Waals surface area contributed by atoms with Crippen LogP contribution in [0.15, 0.2) is 83.1 Å². The molecule has 3 aromatic heterocycles. The third kappa shape index (κ3) is 6.75. The molecule has 1 aliphatic carbocycles. The van der Waals surface area contributed by atoms with Crippen LogP contribution in [0.4, 0.5) is 0 Å². The molecule has 1 atom stereocenters. The first kappa shape index (κ1) is 31.7. The molecule has 1 aliphatic heterocycles. The third-order valence-corrected chi connectivity index (χ3v) is 10.3. The van der Waals surface area contributed by atoms with Crippen LogP contribution in [0, 0.1) is 11.3 Å². The summed E-state index contributed by atoms with van der Waals surface area (Å²) in [7, 11) is 0. The van der Waals surface area contributed by atoms with E-state index in [2.05, 4.69) is 25.5 Å². The van der Waals surface area contributed by atoms with Crippen molar-refractivity contribution in [1.82, 2.24) is 39.7 Å². The van der Waals surface area contributed by atoms with Crippen LogP contribution in [0.5, 0.6) is 0 Å². The van der Waals surface area contributed by atoms with Gasteiger partial charge in [0.15, 0.2) is 11.2 Å². The topological polar surface area (TPSA) is 141 Å². The van der Waals surface area contributed by atoms with E-state index in [1.807, 2.05) is 21.7 Å². The second-order valence-electron chi connectivity index (χ2n) is 13.0. The molecule has 1 saturated heterocycles. The Bertz CT molecular complexity index is 1930. The SMILES string of the molecule is O=C(N[C@H](Cc1ccc(Cl)cc1)C(=O)N1CCC(Cn2cncn2)(C2CCCCC2)CC1)c1cc(=O)c2cc(-n3cncn3)ccc2o1. The van der Waals surface area contributed by atoms with Gasteiger partial charge in [0.2, 0.25) is 5.91 Å². The Morgan fingerprint density at radius 3 is 2.42 bits per heavy atom. The van der Waals surface area contributed by atoms with Crippen LogP contribution in [0.25, 0.3) is 16.7 Å². The summed E-state index contributed by atoms with van der Waals surface area (Å²) in [6, 6.07) is 12.5. The van der Waals surface area contributed by atoms with Crippen molar-refractivity contribution < 1.29 is 14.0 Å². The van der Waals surface area contributed by atoms with Gasteiger partial charge in [0.05, 0.1) is 11.1 Å². The molecular weight excluding hydrogens is 632 g/mol. The van der Waals surface area contributed by atoms with Crippen molar-refractivity contribution in [3.05, 3.63) is 100 Å². The summed E-state index contributed by atoms with van der Waals surface area (Å²) in [5.41, 5.74) is 1.38. The van der Waals surface area contributed by atoms with Crippen LogP contribution in [0.1, 0.15) is 61.1 Å². The Labute approximate surface area is 282 Å². The Hall–Kier alpha value is -4.84. The largest absolute Gasteiger partial charge is 0.451 e. The van der Waals surface area contributed by atoms with Gasteiger partial charge in [0.1, 0.15) is 36.9 Å². The monoisotopic (exact) mass is 668 g/mol. The van der Waals surface area contributed by atoms with E-state index in [1.54, 1.807) is 43.0 Å². The number of fused-ring (bicyclic) bond motifs is 1. The van der Waals surface area contributed by atoms with Gasteiger partial charge in [-0.15, -0.1) is 0 Å². The van der Waals surface area contributed by atoms with Crippen molar-refractivity contribution in [2.24, 2.45) is 11.3 Å². The Morgan fingerprint density at radius 2 is 1.71 bits per heavy atom. The first-order valence-electron chi connectivity index (χ1n) is 16.5. The van der Waals surface area contributed by atoms with Crippen molar-refractivity contribution in [2.75, 3.05) is 13.1 Å². The predicted molar refractivity (Wildman–Crippen MR) is 179 cm³/mol. The fourth-order valence-corrected chi connectivity index (χ4v) is 7.59. The number of hydrogen-bond acceptors (Lipinski definition) is 8. The number of nitrogens with one attached hydrogen (secondary N) is 1. The average molecular weight is 669 g/mol. The second-order valence-corrected chi connectivity index (χ2v) is 13.4. The van der Waals surface area contributed by atoms with E-state index in [4.69, 9.17) is 16.0 Å². The van der Waals surface area contributed by atoms with E-state index in [-0.39, 0.29) is 34.5 Å². The molecular formula is C35H37ClN8O4. The lowest BCUT2D eigenvalue weighted by molar-refractivity contribution is -0.136. The lowest BCUT2D eigenvalue weighted by Crippen LogP contribution is -2.54. The summed E-state index contributed by atoms with van der Waals surface area (Å²) in [6.07, 6.45) is 14.3. The molecule has 2 fully saturated rings. The van der Waals surface area contributed by atoms with Crippen LogP contribution in [0.2, 0.25) is 5.02 Å². The van der Waals surface area contributed by atoms with Gasteiger partial charge in [-0.05, 0) is 72.9 Å². The Balaban J connectivity index is 1.11. The van der Waals surface area contributed by atoms with Crippen LogP contribution in [0.3, 0.4) is 0 Å². The Morgan fingerprint density at radius 1 is 0.958 bits per heavy atom. The zero-order chi connectivity index (χ0) is 33.1. The van der Waals surface area contributed by atoms with Crippen LogP contribution in [-0.4, -0.2) is 65.4 Å². The molecule has 0 radical (unpaired) electrons. The van der Waals surface area contributed by atoms with Gasteiger partial charge in [-0.3, -0.25) is 19.1 Å². The summed E-state index contributed by atoms with van der Waals surface area (Å²) in [5.74, 6) is -0.406. The number of carbonyl (C=O) groups is 2. The van der Waals surface area contributed by atoms with E-state index in [0.717, 1.165) is 31.0 Å². The highest BCUT2D eigenvalue weighted by molar-refractivity contribution is 6.30. The number of aromatic nitrogens is 6. The van der Waals surface area contributed by atoms with Crippen LogP contribution >= 0.6 is 11.6 Å². The molecule has 0 bridgehead atoms. The molecule has 248 valence electrons. The Kier molecular flexibility index (Phi) is 9.07. The van der Waals surface area contributed by atoms with E-state index in [9.17, 15) is 14.4 Å². The van der Waals surface area contributed by atoms with E-state index >= 15 is 0 Å². The average Bonchev–Trinajstić information content (AvgIpc) is 3.85. The van der Waals surface area contributed by atoms with Gasteiger partial charge in [-0.1, -0.05) is 43.0 Å². The van der Waals surface area contributed by atoms with Crippen LogP contribution < -0.4 is 10.7 Å². The normalized spacial score (nSPS) is 17.3. The highest BCUT2D eigenvalue weighted by atomic mass is 35.5. The van der Waals surface area contributed by atoms with Crippen LogP contribution in [-0.2, 0) is 17.8 Å². The van der Waals surface area contributed by atoms with Crippen molar-refractivity contribution in [3.63, 3.8) is 0 Å². The second kappa shape index (κ2) is 13.7. The zero-order valence-electron chi connectivity index (χ0n) is 26.5. The van der Waals surface area contributed by atoms with Gasteiger partial charge < -0.3 is 14.6 Å². The summed E-state index contributed by atoms with van der Waals surface area (Å²) in [4.78, 5) is 51.0. The van der Waals surface area contributed by atoms with Crippen molar-refractivity contribution in [3.8, 4) is 5.69 Å². The van der Waals surface area contributed by atoms with Gasteiger partial charge in [-0.25, -0.2) is 14.6 Å². The molecule has 5 aromatic rings. The van der Waals surface area contributed by atoms with Gasteiger partial charge in [0.25, 0.3) is 5.91 Å².